The Hall–Kier alpha value is -2.75. The Bertz CT molecular complexity index is 1200. The lowest BCUT2D eigenvalue weighted by molar-refractivity contribution is 0.120. The van der Waals surface area contributed by atoms with E-state index in [1.54, 1.807) is 30.3 Å². The van der Waals surface area contributed by atoms with E-state index in [1.807, 2.05) is 4.90 Å². The first kappa shape index (κ1) is 20.2. The fourth-order valence-electron chi connectivity index (χ4n) is 3.46. The molecule has 5 rings (SSSR count). The van der Waals surface area contributed by atoms with E-state index in [9.17, 15) is 8.42 Å². The lowest BCUT2D eigenvalue weighted by Gasteiger charge is -2.26. The number of sulfone groups is 1. The smallest absolute Gasteiger partial charge is 0.236 e. The van der Waals surface area contributed by atoms with Crippen LogP contribution < -0.4 is 14.4 Å². The van der Waals surface area contributed by atoms with Crippen molar-refractivity contribution in [1.82, 2.24) is 4.98 Å². The fraction of sp³-hybridized carbons (Fsp3) is 0.286. The van der Waals surface area contributed by atoms with Crippen LogP contribution in [-0.2, 0) is 14.6 Å². The molecule has 162 valence electrons. The lowest BCUT2D eigenvalue weighted by atomic mass is 10.2. The van der Waals surface area contributed by atoms with E-state index in [0.717, 1.165) is 0 Å². The van der Waals surface area contributed by atoms with Crippen LogP contribution in [0, 0.1) is 0 Å². The largest absolute Gasteiger partial charge is 0.486 e. The van der Waals surface area contributed by atoms with Gasteiger partial charge in [-0.1, -0.05) is 11.6 Å². The minimum Gasteiger partial charge on any atom is -0.486 e. The van der Waals surface area contributed by atoms with Crippen LogP contribution in [0.15, 0.2) is 56.8 Å². The molecule has 0 unspecified atom stereocenters. The molecular weight excluding hydrogens is 444 g/mol. The molecule has 31 heavy (non-hydrogen) atoms. The Balaban J connectivity index is 1.61. The quantitative estimate of drug-likeness (QED) is 0.582. The van der Waals surface area contributed by atoms with Crippen molar-refractivity contribution in [2.24, 2.45) is 0 Å². The first-order valence-electron chi connectivity index (χ1n) is 9.76. The van der Waals surface area contributed by atoms with Crippen molar-refractivity contribution < 1.29 is 27.0 Å². The van der Waals surface area contributed by atoms with Gasteiger partial charge in [-0.3, -0.25) is 0 Å². The van der Waals surface area contributed by atoms with Gasteiger partial charge >= 0.3 is 0 Å². The Kier molecular flexibility index (Phi) is 5.25. The van der Waals surface area contributed by atoms with Gasteiger partial charge in [-0.2, -0.15) is 4.98 Å². The van der Waals surface area contributed by atoms with E-state index in [2.05, 4.69) is 4.98 Å². The summed E-state index contributed by atoms with van der Waals surface area (Å²) < 4.78 is 49.6. The summed E-state index contributed by atoms with van der Waals surface area (Å²) in [5.74, 6) is 1.31. The molecular formula is C21H19ClN2O6S. The molecule has 0 spiro atoms. The summed E-state index contributed by atoms with van der Waals surface area (Å²) in [6.07, 6.45) is 0. The molecule has 0 atom stereocenters. The molecule has 2 aliphatic heterocycles. The average Bonchev–Trinajstić information content (AvgIpc) is 3.26. The molecule has 8 nitrogen and oxygen atoms in total. The maximum Gasteiger partial charge on any atom is 0.236 e. The highest BCUT2D eigenvalue weighted by atomic mass is 35.5. The number of hydrogen-bond acceptors (Lipinski definition) is 8. The third-order valence-electron chi connectivity index (χ3n) is 5.05. The number of anilines is 1. The van der Waals surface area contributed by atoms with Crippen LogP contribution in [0.1, 0.15) is 0 Å². The van der Waals surface area contributed by atoms with Gasteiger partial charge in [0.1, 0.15) is 13.2 Å². The zero-order valence-electron chi connectivity index (χ0n) is 16.4. The number of aromatic nitrogens is 1. The van der Waals surface area contributed by atoms with Gasteiger partial charge in [-0.25, -0.2) is 8.42 Å². The Morgan fingerprint density at radius 3 is 2.35 bits per heavy atom. The summed E-state index contributed by atoms with van der Waals surface area (Å²) in [7, 11) is -4.00. The zero-order chi connectivity index (χ0) is 21.4. The molecule has 0 bridgehead atoms. The third kappa shape index (κ3) is 3.84. The van der Waals surface area contributed by atoms with Crippen LogP contribution in [0.2, 0.25) is 5.02 Å². The van der Waals surface area contributed by atoms with Crippen molar-refractivity contribution in [2.45, 2.75) is 9.92 Å². The number of ether oxygens (including phenoxy) is 3. The summed E-state index contributed by atoms with van der Waals surface area (Å²) in [4.78, 5) is 6.28. The highest BCUT2D eigenvalue weighted by Crippen LogP contribution is 2.38. The van der Waals surface area contributed by atoms with Crippen LogP contribution in [0.4, 0.5) is 5.88 Å². The molecule has 0 saturated carbocycles. The molecule has 0 radical (unpaired) electrons. The van der Waals surface area contributed by atoms with E-state index in [0.29, 0.717) is 61.6 Å². The molecule has 1 fully saturated rings. The number of rotatable bonds is 4. The van der Waals surface area contributed by atoms with E-state index in [4.69, 9.17) is 30.2 Å². The van der Waals surface area contributed by atoms with Crippen molar-refractivity contribution in [1.29, 1.82) is 0 Å². The topological polar surface area (TPSA) is 91.1 Å². The predicted octanol–water partition coefficient (Wildman–Crippen LogP) is 3.44. The van der Waals surface area contributed by atoms with Crippen molar-refractivity contribution in [3.63, 3.8) is 0 Å². The summed E-state index contributed by atoms with van der Waals surface area (Å²) >= 11 is 5.98. The number of fused-ring (bicyclic) bond motifs is 1. The average molecular weight is 463 g/mol. The van der Waals surface area contributed by atoms with Gasteiger partial charge < -0.3 is 23.5 Å². The summed E-state index contributed by atoms with van der Waals surface area (Å²) in [6, 6.07) is 11.4. The summed E-state index contributed by atoms with van der Waals surface area (Å²) in [5.41, 5.74) is 0.627. The highest BCUT2D eigenvalue weighted by Gasteiger charge is 2.33. The van der Waals surface area contributed by atoms with Gasteiger partial charge in [0.05, 0.1) is 18.1 Å². The first-order chi connectivity index (χ1) is 15.0. The molecule has 0 aliphatic carbocycles. The zero-order valence-corrected chi connectivity index (χ0v) is 18.0. The molecule has 1 aromatic heterocycles. The predicted molar refractivity (Wildman–Crippen MR) is 113 cm³/mol. The van der Waals surface area contributed by atoms with Crippen molar-refractivity contribution in [3.05, 3.63) is 47.5 Å². The number of nitrogens with zero attached hydrogens (tertiary/aromatic N) is 2. The second-order valence-corrected chi connectivity index (χ2v) is 9.35. The van der Waals surface area contributed by atoms with Gasteiger partial charge in [-0.15, -0.1) is 0 Å². The maximum absolute atomic E-state index is 13.6. The lowest BCUT2D eigenvalue weighted by Crippen LogP contribution is -2.36. The molecule has 2 aliphatic rings. The number of benzene rings is 2. The fourth-order valence-corrected chi connectivity index (χ4v) is 4.92. The van der Waals surface area contributed by atoms with Gasteiger partial charge in [0.25, 0.3) is 0 Å². The van der Waals surface area contributed by atoms with Crippen molar-refractivity contribution in [2.75, 3.05) is 44.4 Å². The van der Waals surface area contributed by atoms with Crippen LogP contribution in [0.5, 0.6) is 11.5 Å². The van der Waals surface area contributed by atoms with Gasteiger partial charge in [0, 0.05) is 29.7 Å². The van der Waals surface area contributed by atoms with Crippen LogP contribution >= 0.6 is 11.6 Å². The number of halogens is 1. The molecule has 10 heteroatoms. The van der Waals surface area contributed by atoms with Crippen molar-refractivity contribution >= 4 is 27.3 Å². The van der Waals surface area contributed by atoms with Gasteiger partial charge in [0.2, 0.25) is 26.6 Å². The summed E-state index contributed by atoms with van der Waals surface area (Å²) in [5, 5.41) is 0.420. The van der Waals surface area contributed by atoms with Crippen LogP contribution in [0.25, 0.3) is 11.5 Å². The minimum atomic E-state index is -4.00. The van der Waals surface area contributed by atoms with Crippen LogP contribution in [-0.4, -0.2) is 52.9 Å². The first-order valence-corrected chi connectivity index (χ1v) is 11.6. The van der Waals surface area contributed by atoms with E-state index >= 15 is 0 Å². The van der Waals surface area contributed by atoms with Gasteiger partial charge in [0.15, 0.2) is 11.5 Å². The second kappa shape index (κ2) is 8.07. The highest BCUT2D eigenvalue weighted by molar-refractivity contribution is 7.91. The molecule has 2 aromatic carbocycles. The monoisotopic (exact) mass is 462 g/mol. The Morgan fingerprint density at radius 2 is 1.61 bits per heavy atom. The third-order valence-corrected chi connectivity index (χ3v) is 6.95. The Morgan fingerprint density at radius 1 is 0.903 bits per heavy atom. The van der Waals surface area contributed by atoms with E-state index in [-0.39, 0.29) is 21.7 Å². The van der Waals surface area contributed by atoms with Crippen molar-refractivity contribution in [3.8, 4) is 23.0 Å². The molecule has 3 heterocycles. The SMILES string of the molecule is O=S(=O)(c1ccc2c(c1)OCCO2)c1nc(-c2ccc(Cl)cc2)oc1N1CCOCC1. The summed E-state index contributed by atoms with van der Waals surface area (Å²) in [6.45, 7) is 2.73. The molecule has 0 amide bonds. The standard InChI is InChI=1S/C21H19ClN2O6S/c22-15-3-1-14(2-4-15)19-23-20(21(30-19)24-7-9-27-10-8-24)31(25,26)16-5-6-17-18(13-16)29-12-11-28-17/h1-6,13H,7-12H2. The normalized spacial score (nSPS) is 16.4. The van der Waals surface area contributed by atoms with Crippen LogP contribution in [0.3, 0.4) is 0 Å². The maximum atomic E-state index is 13.6. The molecule has 0 N–H and O–H groups in total. The van der Waals surface area contributed by atoms with E-state index < -0.39 is 9.84 Å². The number of oxazole rings is 1. The molecule has 3 aromatic rings. The number of morpholine rings is 1. The number of hydrogen-bond donors (Lipinski definition) is 0. The Labute approximate surface area is 184 Å². The molecule has 1 saturated heterocycles. The minimum absolute atomic E-state index is 0.0576. The second-order valence-electron chi connectivity index (χ2n) is 7.04. The van der Waals surface area contributed by atoms with E-state index in [1.165, 1.54) is 12.1 Å². The van der Waals surface area contributed by atoms with Gasteiger partial charge in [-0.05, 0) is 36.4 Å².